The molecule has 0 atom stereocenters. The van der Waals surface area contributed by atoms with Crippen molar-refractivity contribution in [1.29, 1.82) is 0 Å². The smallest absolute Gasteiger partial charge is 0.118 e. The Labute approximate surface area is 108 Å². The van der Waals surface area contributed by atoms with E-state index in [1.165, 1.54) is 22.3 Å². The van der Waals surface area contributed by atoms with Crippen molar-refractivity contribution in [2.24, 2.45) is 0 Å². The summed E-state index contributed by atoms with van der Waals surface area (Å²) >= 11 is 0. The molecular formula is C17H16O. The molecule has 0 fully saturated rings. The number of methoxy groups -OCH3 is 1. The van der Waals surface area contributed by atoms with Gasteiger partial charge >= 0.3 is 0 Å². The van der Waals surface area contributed by atoms with Crippen molar-refractivity contribution in [3.8, 4) is 5.75 Å². The molecule has 0 spiro atoms. The van der Waals surface area contributed by atoms with Gasteiger partial charge in [-0.2, -0.15) is 0 Å². The molecule has 18 heavy (non-hydrogen) atoms. The van der Waals surface area contributed by atoms with Crippen molar-refractivity contribution >= 4 is 6.08 Å². The summed E-state index contributed by atoms with van der Waals surface area (Å²) < 4.78 is 5.18. The normalized spacial score (nSPS) is 13.1. The van der Waals surface area contributed by atoms with Gasteiger partial charge in [0.25, 0.3) is 0 Å². The summed E-state index contributed by atoms with van der Waals surface area (Å²) in [7, 11) is 1.70. The van der Waals surface area contributed by atoms with Crippen LogP contribution in [0.5, 0.6) is 5.75 Å². The van der Waals surface area contributed by atoms with Gasteiger partial charge in [0.15, 0.2) is 0 Å². The highest BCUT2D eigenvalue weighted by molar-refractivity contribution is 5.64. The molecule has 0 amide bonds. The molecule has 90 valence electrons. The Morgan fingerprint density at radius 2 is 1.78 bits per heavy atom. The molecule has 0 saturated heterocycles. The molecule has 0 bridgehead atoms. The number of hydrogen-bond acceptors (Lipinski definition) is 1. The SMILES string of the molecule is COc1ccc(CC2=Cc3ccccc3C2)cc1. The Balaban J connectivity index is 1.75. The van der Waals surface area contributed by atoms with Crippen LogP contribution in [0.2, 0.25) is 0 Å². The maximum atomic E-state index is 5.18. The molecule has 2 aromatic carbocycles. The van der Waals surface area contributed by atoms with Gasteiger partial charge in [0, 0.05) is 0 Å². The first kappa shape index (κ1) is 11.1. The Bertz CT molecular complexity index is 579. The van der Waals surface area contributed by atoms with Crippen LogP contribution in [-0.4, -0.2) is 7.11 Å². The van der Waals surface area contributed by atoms with E-state index >= 15 is 0 Å². The van der Waals surface area contributed by atoms with E-state index in [-0.39, 0.29) is 0 Å². The molecule has 1 heteroatoms. The quantitative estimate of drug-likeness (QED) is 0.786. The fourth-order valence-electron chi connectivity index (χ4n) is 2.47. The first-order chi connectivity index (χ1) is 8.85. The average Bonchev–Trinajstić information content (AvgIpc) is 2.82. The summed E-state index contributed by atoms with van der Waals surface area (Å²) in [6, 6.07) is 17.0. The van der Waals surface area contributed by atoms with Crippen LogP contribution < -0.4 is 4.74 Å². The summed E-state index contributed by atoms with van der Waals surface area (Å²) in [5, 5.41) is 0. The molecule has 1 nitrogen and oxygen atoms in total. The van der Waals surface area contributed by atoms with Crippen LogP contribution in [0.3, 0.4) is 0 Å². The van der Waals surface area contributed by atoms with Crippen molar-refractivity contribution in [3.05, 3.63) is 70.8 Å². The first-order valence-electron chi connectivity index (χ1n) is 6.25. The largest absolute Gasteiger partial charge is 0.497 e. The van der Waals surface area contributed by atoms with E-state index in [0.717, 1.165) is 18.6 Å². The zero-order valence-corrected chi connectivity index (χ0v) is 10.5. The lowest BCUT2D eigenvalue weighted by molar-refractivity contribution is 0.414. The molecule has 0 heterocycles. The van der Waals surface area contributed by atoms with E-state index in [1.54, 1.807) is 7.11 Å². The number of rotatable bonds is 3. The average molecular weight is 236 g/mol. The highest BCUT2D eigenvalue weighted by Crippen LogP contribution is 2.27. The zero-order valence-electron chi connectivity index (χ0n) is 10.5. The number of allylic oxidation sites excluding steroid dienone is 1. The van der Waals surface area contributed by atoms with Gasteiger partial charge in [-0.1, -0.05) is 48.0 Å². The molecule has 2 aromatic rings. The third kappa shape index (κ3) is 2.17. The van der Waals surface area contributed by atoms with Gasteiger partial charge in [0.1, 0.15) is 5.75 Å². The van der Waals surface area contributed by atoms with Gasteiger partial charge in [0.05, 0.1) is 7.11 Å². The van der Waals surface area contributed by atoms with Crippen molar-refractivity contribution in [2.75, 3.05) is 7.11 Å². The fourth-order valence-corrected chi connectivity index (χ4v) is 2.47. The first-order valence-corrected chi connectivity index (χ1v) is 6.25. The van der Waals surface area contributed by atoms with Crippen LogP contribution in [0.4, 0.5) is 0 Å². The van der Waals surface area contributed by atoms with Crippen LogP contribution in [0.25, 0.3) is 6.08 Å². The molecule has 3 rings (SSSR count). The van der Waals surface area contributed by atoms with E-state index in [4.69, 9.17) is 4.74 Å². The van der Waals surface area contributed by atoms with E-state index in [9.17, 15) is 0 Å². The lowest BCUT2D eigenvalue weighted by Crippen LogP contribution is -1.91. The van der Waals surface area contributed by atoms with Gasteiger partial charge in [-0.25, -0.2) is 0 Å². The highest BCUT2D eigenvalue weighted by atomic mass is 16.5. The van der Waals surface area contributed by atoms with Crippen LogP contribution in [0.1, 0.15) is 16.7 Å². The predicted octanol–water partition coefficient (Wildman–Crippen LogP) is 3.88. The summed E-state index contributed by atoms with van der Waals surface area (Å²) in [5.41, 5.74) is 5.65. The standard InChI is InChI=1S/C17H16O/c1-18-17-8-6-13(7-9-17)10-14-11-15-4-2-3-5-16(15)12-14/h2-9,11H,10,12H2,1H3. The summed E-state index contributed by atoms with van der Waals surface area (Å²) in [5.74, 6) is 0.919. The molecular weight excluding hydrogens is 220 g/mol. The van der Waals surface area contributed by atoms with E-state index in [2.05, 4.69) is 42.5 Å². The van der Waals surface area contributed by atoms with Crippen molar-refractivity contribution < 1.29 is 4.74 Å². The molecule has 0 unspecified atom stereocenters. The second kappa shape index (κ2) is 4.69. The minimum absolute atomic E-state index is 0.919. The van der Waals surface area contributed by atoms with Crippen LogP contribution in [0.15, 0.2) is 54.1 Å². The molecule has 0 radical (unpaired) electrons. The second-order valence-electron chi connectivity index (χ2n) is 4.70. The zero-order chi connectivity index (χ0) is 12.4. The maximum absolute atomic E-state index is 5.18. The number of ether oxygens (including phenoxy) is 1. The van der Waals surface area contributed by atoms with Crippen LogP contribution in [-0.2, 0) is 12.8 Å². The number of benzene rings is 2. The lowest BCUT2D eigenvalue weighted by atomic mass is 10.0. The van der Waals surface area contributed by atoms with E-state index < -0.39 is 0 Å². The summed E-state index contributed by atoms with van der Waals surface area (Å²) in [6.45, 7) is 0. The second-order valence-corrected chi connectivity index (χ2v) is 4.70. The van der Waals surface area contributed by atoms with Gasteiger partial charge in [-0.3, -0.25) is 0 Å². The van der Waals surface area contributed by atoms with E-state index in [0.29, 0.717) is 0 Å². The van der Waals surface area contributed by atoms with Gasteiger partial charge in [-0.05, 0) is 41.7 Å². The Hall–Kier alpha value is -2.02. The highest BCUT2D eigenvalue weighted by Gasteiger charge is 2.11. The predicted molar refractivity (Wildman–Crippen MR) is 74.8 cm³/mol. The minimum Gasteiger partial charge on any atom is -0.497 e. The molecule has 0 aromatic heterocycles. The number of fused-ring (bicyclic) bond motifs is 1. The third-order valence-electron chi connectivity index (χ3n) is 3.42. The van der Waals surface area contributed by atoms with Crippen molar-refractivity contribution in [3.63, 3.8) is 0 Å². The number of hydrogen-bond donors (Lipinski definition) is 0. The Kier molecular flexibility index (Phi) is 2.89. The Morgan fingerprint density at radius 3 is 2.50 bits per heavy atom. The molecule has 1 aliphatic carbocycles. The maximum Gasteiger partial charge on any atom is 0.118 e. The third-order valence-corrected chi connectivity index (χ3v) is 3.42. The molecule has 0 N–H and O–H groups in total. The molecule has 0 aliphatic heterocycles. The Morgan fingerprint density at radius 1 is 1.00 bits per heavy atom. The monoisotopic (exact) mass is 236 g/mol. The van der Waals surface area contributed by atoms with Gasteiger partial charge in [-0.15, -0.1) is 0 Å². The van der Waals surface area contributed by atoms with E-state index in [1.807, 2.05) is 12.1 Å². The van der Waals surface area contributed by atoms with Crippen LogP contribution >= 0.6 is 0 Å². The molecule has 1 aliphatic rings. The van der Waals surface area contributed by atoms with Crippen LogP contribution in [0, 0.1) is 0 Å². The van der Waals surface area contributed by atoms with Gasteiger partial charge in [0.2, 0.25) is 0 Å². The lowest BCUT2D eigenvalue weighted by Gasteiger charge is -2.04. The van der Waals surface area contributed by atoms with Crippen molar-refractivity contribution in [2.45, 2.75) is 12.8 Å². The summed E-state index contributed by atoms with van der Waals surface area (Å²) in [6.07, 6.45) is 4.43. The summed E-state index contributed by atoms with van der Waals surface area (Å²) in [4.78, 5) is 0. The van der Waals surface area contributed by atoms with Crippen molar-refractivity contribution in [1.82, 2.24) is 0 Å². The minimum atomic E-state index is 0.919. The molecule has 0 saturated carbocycles. The van der Waals surface area contributed by atoms with Gasteiger partial charge < -0.3 is 4.74 Å². The topological polar surface area (TPSA) is 9.23 Å². The fraction of sp³-hybridized carbons (Fsp3) is 0.176.